The molecule has 1 unspecified atom stereocenters. The lowest BCUT2D eigenvalue weighted by atomic mass is 10.1. The van der Waals surface area contributed by atoms with Gasteiger partial charge in [0.25, 0.3) is 0 Å². The summed E-state index contributed by atoms with van der Waals surface area (Å²) in [6, 6.07) is 16.9. The van der Waals surface area contributed by atoms with Gasteiger partial charge in [0, 0.05) is 19.4 Å². The number of esters is 1. The molecule has 7 nitrogen and oxygen atoms in total. The topological polar surface area (TPSA) is 77.4 Å². The van der Waals surface area contributed by atoms with Crippen LogP contribution in [0.3, 0.4) is 0 Å². The van der Waals surface area contributed by atoms with Crippen LogP contribution in [0.15, 0.2) is 59.7 Å². The maximum atomic E-state index is 12.3. The first-order valence-electron chi connectivity index (χ1n) is 9.78. The Labute approximate surface area is 179 Å². The summed E-state index contributed by atoms with van der Waals surface area (Å²) < 4.78 is 16.7. The zero-order valence-corrected chi connectivity index (χ0v) is 17.7. The van der Waals surface area contributed by atoms with E-state index in [1.165, 1.54) is 18.9 Å². The van der Waals surface area contributed by atoms with Gasteiger partial charge in [-0.05, 0) is 54.1 Å². The first kappa shape index (κ1) is 20.4. The molecule has 31 heavy (non-hydrogen) atoms. The van der Waals surface area contributed by atoms with Crippen molar-refractivity contribution < 1.29 is 23.8 Å². The van der Waals surface area contributed by atoms with Crippen molar-refractivity contribution in [2.24, 2.45) is 5.10 Å². The lowest BCUT2D eigenvalue weighted by molar-refractivity contribution is -0.135. The van der Waals surface area contributed by atoms with Crippen molar-refractivity contribution in [3.05, 3.63) is 71.3 Å². The van der Waals surface area contributed by atoms with Crippen molar-refractivity contribution >= 4 is 28.5 Å². The number of carbonyl (C=O) groups is 2. The Morgan fingerprint density at radius 2 is 1.74 bits per heavy atom. The summed E-state index contributed by atoms with van der Waals surface area (Å²) in [7, 11) is 1.63. The summed E-state index contributed by atoms with van der Waals surface area (Å²) in [6.45, 7) is 4.65. The van der Waals surface area contributed by atoms with E-state index in [-0.39, 0.29) is 5.91 Å². The van der Waals surface area contributed by atoms with E-state index in [1.54, 1.807) is 13.2 Å². The molecule has 0 saturated carbocycles. The standard InChI is InChI=1S/C24H22N2O5/c1-14-5-10-22(30-16(3)28)21(11-14)24-26(15(2)27)25-23(31-24)19-7-6-18-13-20(29-4)9-8-17(18)12-19/h5-13,24H,1-4H3. The zero-order valence-electron chi connectivity index (χ0n) is 17.7. The number of fused-ring (bicyclic) bond motifs is 1. The van der Waals surface area contributed by atoms with Gasteiger partial charge in [0.2, 0.25) is 18.0 Å². The quantitative estimate of drug-likeness (QED) is 0.466. The highest BCUT2D eigenvalue weighted by atomic mass is 16.5. The molecule has 1 amide bonds. The number of methoxy groups -OCH3 is 1. The number of rotatable bonds is 4. The predicted octanol–water partition coefficient (Wildman–Crippen LogP) is 4.32. The third kappa shape index (κ3) is 4.07. The highest BCUT2D eigenvalue weighted by Crippen LogP contribution is 2.36. The second kappa shape index (κ2) is 8.10. The second-order valence-corrected chi connectivity index (χ2v) is 7.30. The van der Waals surface area contributed by atoms with Crippen LogP contribution in [0.25, 0.3) is 10.8 Å². The number of aryl methyl sites for hydroxylation is 1. The van der Waals surface area contributed by atoms with Gasteiger partial charge >= 0.3 is 5.97 Å². The predicted molar refractivity (Wildman–Crippen MR) is 116 cm³/mol. The number of carbonyl (C=O) groups excluding carboxylic acids is 2. The number of ether oxygens (including phenoxy) is 3. The van der Waals surface area contributed by atoms with Crippen LogP contribution in [-0.4, -0.2) is 29.9 Å². The maximum absolute atomic E-state index is 12.3. The van der Waals surface area contributed by atoms with Gasteiger partial charge in [-0.1, -0.05) is 23.8 Å². The van der Waals surface area contributed by atoms with Crippen LogP contribution in [0.5, 0.6) is 11.5 Å². The third-order valence-electron chi connectivity index (χ3n) is 4.95. The van der Waals surface area contributed by atoms with Crippen molar-refractivity contribution in [3.63, 3.8) is 0 Å². The SMILES string of the molecule is COc1ccc2cc(C3=NN(C(C)=O)C(c4cc(C)ccc4OC(C)=O)O3)ccc2c1. The molecule has 4 rings (SSSR count). The summed E-state index contributed by atoms with van der Waals surface area (Å²) in [5.41, 5.74) is 2.22. The highest BCUT2D eigenvalue weighted by Gasteiger charge is 2.35. The van der Waals surface area contributed by atoms with Gasteiger partial charge in [-0.15, -0.1) is 5.10 Å². The monoisotopic (exact) mass is 418 g/mol. The summed E-state index contributed by atoms with van der Waals surface area (Å²) >= 11 is 0. The van der Waals surface area contributed by atoms with Crippen LogP contribution in [0.4, 0.5) is 0 Å². The Morgan fingerprint density at radius 1 is 1.00 bits per heavy atom. The molecule has 0 aromatic heterocycles. The van der Waals surface area contributed by atoms with Crippen LogP contribution in [0.2, 0.25) is 0 Å². The van der Waals surface area contributed by atoms with Crippen LogP contribution >= 0.6 is 0 Å². The van der Waals surface area contributed by atoms with E-state index in [0.717, 1.165) is 27.6 Å². The number of benzene rings is 3. The molecule has 1 heterocycles. The van der Waals surface area contributed by atoms with Gasteiger partial charge in [0.1, 0.15) is 11.5 Å². The van der Waals surface area contributed by atoms with Gasteiger partial charge in [-0.3, -0.25) is 9.59 Å². The fraction of sp³-hybridized carbons (Fsp3) is 0.208. The Bertz CT molecular complexity index is 1220. The fourth-order valence-electron chi connectivity index (χ4n) is 3.48. The summed E-state index contributed by atoms with van der Waals surface area (Å²) in [6.07, 6.45) is -0.840. The first-order valence-corrected chi connectivity index (χ1v) is 9.78. The molecule has 158 valence electrons. The smallest absolute Gasteiger partial charge is 0.308 e. The Hall–Kier alpha value is -3.87. The van der Waals surface area contributed by atoms with E-state index in [1.807, 2.05) is 55.5 Å². The molecule has 0 N–H and O–H groups in total. The largest absolute Gasteiger partial charge is 0.497 e. The molecule has 7 heteroatoms. The van der Waals surface area contributed by atoms with Crippen LogP contribution in [-0.2, 0) is 14.3 Å². The van der Waals surface area contributed by atoms with Crippen LogP contribution < -0.4 is 9.47 Å². The summed E-state index contributed by atoms with van der Waals surface area (Å²) in [5.74, 6) is 0.670. The average molecular weight is 418 g/mol. The van der Waals surface area contributed by atoms with Gasteiger partial charge in [0.05, 0.1) is 12.7 Å². The third-order valence-corrected chi connectivity index (χ3v) is 4.95. The van der Waals surface area contributed by atoms with Crippen molar-refractivity contribution in [1.82, 2.24) is 5.01 Å². The Kier molecular flexibility index (Phi) is 5.33. The Morgan fingerprint density at radius 3 is 2.45 bits per heavy atom. The van der Waals surface area contributed by atoms with Gasteiger partial charge in [-0.2, -0.15) is 5.01 Å². The number of nitrogens with zero attached hydrogens (tertiary/aromatic N) is 2. The lowest BCUT2D eigenvalue weighted by Crippen LogP contribution is -2.26. The minimum Gasteiger partial charge on any atom is -0.497 e. The number of amides is 1. The molecular formula is C24H22N2O5. The molecular weight excluding hydrogens is 396 g/mol. The van der Waals surface area contributed by atoms with Crippen LogP contribution in [0, 0.1) is 6.92 Å². The lowest BCUT2D eigenvalue weighted by Gasteiger charge is -2.21. The molecule has 0 saturated heterocycles. The van der Waals surface area contributed by atoms with Crippen molar-refractivity contribution in [2.75, 3.05) is 7.11 Å². The summed E-state index contributed by atoms with van der Waals surface area (Å²) in [5, 5.41) is 7.67. The second-order valence-electron chi connectivity index (χ2n) is 7.30. The van der Waals surface area contributed by atoms with Crippen molar-refractivity contribution in [3.8, 4) is 11.5 Å². The molecule has 1 aliphatic rings. The van der Waals surface area contributed by atoms with E-state index < -0.39 is 12.2 Å². The van der Waals surface area contributed by atoms with Crippen LogP contribution in [0.1, 0.15) is 36.8 Å². The van der Waals surface area contributed by atoms with Gasteiger partial charge < -0.3 is 14.2 Å². The minimum atomic E-state index is -0.840. The molecule has 0 radical (unpaired) electrons. The molecule has 3 aromatic rings. The van der Waals surface area contributed by atoms with Crippen molar-refractivity contribution in [2.45, 2.75) is 27.0 Å². The first-order chi connectivity index (χ1) is 14.9. The maximum Gasteiger partial charge on any atom is 0.308 e. The Balaban J connectivity index is 1.72. The van der Waals surface area contributed by atoms with E-state index in [9.17, 15) is 9.59 Å². The van der Waals surface area contributed by atoms with Gasteiger partial charge in [-0.25, -0.2) is 0 Å². The highest BCUT2D eigenvalue weighted by molar-refractivity contribution is 6.00. The van der Waals surface area contributed by atoms with E-state index in [0.29, 0.717) is 17.2 Å². The molecule has 0 bridgehead atoms. The average Bonchev–Trinajstić information content (AvgIpc) is 3.19. The molecule has 1 atom stereocenters. The van der Waals surface area contributed by atoms with E-state index in [4.69, 9.17) is 14.2 Å². The van der Waals surface area contributed by atoms with E-state index >= 15 is 0 Å². The normalized spacial score (nSPS) is 15.4. The molecule has 0 aliphatic carbocycles. The molecule has 0 spiro atoms. The molecule has 3 aromatic carbocycles. The molecule has 1 aliphatic heterocycles. The number of hydrogen-bond acceptors (Lipinski definition) is 6. The zero-order chi connectivity index (χ0) is 22.1. The number of hydrazone groups is 1. The number of hydrogen-bond donors (Lipinski definition) is 0. The van der Waals surface area contributed by atoms with E-state index in [2.05, 4.69) is 5.10 Å². The van der Waals surface area contributed by atoms with Crippen molar-refractivity contribution in [1.29, 1.82) is 0 Å². The minimum absolute atomic E-state index is 0.291. The molecule has 0 fully saturated rings. The fourth-order valence-corrected chi connectivity index (χ4v) is 3.48. The summed E-state index contributed by atoms with van der Waals surface area (Å²) in [4.78, 5) is 23.9. The van der Waals surface area contributed by atoms with Gasteiger partial charge in [0.15, 0.2) is 0 Å².